The third-order valence-corrected chi connectivity index (χ3v) is 5.47. The molecule has 1 N–H and O–H groups in total. The van der Waals surface area contributed by atoms with Crippen molar-refractivity contribution < 1.29 is 27.8 Å². The van der Waals surface area contributed by atoms with Gasteiger partial charge >= 0.3 is 12.3 Å². The highest BCUT2D eigenvalue weighted by atomic mass is 19.4. The number of aromatic hydroxyl groups is 1. The molecule has 1 aliphatic heterocycles. The van der Waals surface area contributed by atoms with Gasteiger partial charge in [0.25, 0.3) is 5.56 Å². The molecule has 0 spiro atoms. The van der Waals surface area contributed by atoms with E-state index in [-0.39, 0.29) is 17.7 Å². The average Bonchev–Trinajstić information content (AvgIpc) is 2.66. The summed E-state index contributed by atoms with van der Waals surface area (Å²) < 4.78 is 45.7. The predicted octanol–water partition coefficient (Wildman–Crippen LogP) is 4.99. The Kier molecular flexibility index (Phi) is 6.06. The molecule has 3 rings (SSSR count). The van der Waals surface area contributed by atoms with E-state index in [1.807, 2.05) is 6.92 Å². The number of nitrogens with zero attached hydrogens (tertiary/aromatic N) is 2. The topological polar surface area (TPSA) is 71.8 Å². The Morgan fingerprint density at radius 3 is 2.44 bits per heavy atom. The maximum absolute atomic E-state index is 13.3. The van der Waals surface area contributed by atoms with Gasteiger partial charge in [-0.05, 0) is 70.9 Å². The van der Waals surface area contributed by atoms with E-state index in [1.54, 1.807) is 37.9 Å². The van der Waals surface area contributed by atoms with Gasteiger partial charge in [-0.1, -0.05) is 0 Å². The number of phenolic OH excluding ortho intramolecular Hbond substituents is 1. The highest BCUT2D eigenvalue weighted by Gasteiger charge is 2.37. The lowest BCUT2D eigenvalue weighted by atomic mass is 9.90. The lowest BCUT2D eigenvalue weighted by Gasteiger charge is -2.42. The first-order valence-corrected chi connectivity index (χ1v) is 10.3. The van der Waals surface area contributed by atoms with Crippen LogP contribution in [-0.2, 0) is 16.5 Å². The first-order valence-electron chi connectivity index (χ1n) is 10.3. The molecule has 174 valence electrons. The van der Waals surface area contributed by atoms with Crippen LogP contribution >= 0.6 is 0 Å². The summed E-state index contributed by atoms with van der Waals surface area (Å²) in [6.07, 6.45) is -2.21. The van der Waals surface area contributed by atoms with Crippen LogP contribution < -0.4 is 5.56 Å². The second kappa shape index (κ2) is 8.18. The largest absolute Gasteiger partial charge is 0.507 e. The van der Waals surface area contributed by atoms with Crippen LogP contribution in [0.3, 0.4) is 0 Å². The Morgan fingerprint density at radius 2 is 1.84 bits per heavy atom. The van der Waals surface area contributed by atoms with Gasteiger partial charge in [0, 0.05) is 24.8 Å². The number of carbonyl (C=O) groups is 1. The molecule has 0 bridgehead atoms. The van der Waals surface area contributed by atoms with Crippen molar-refractivity contribution in [1.29, 1.82) is 0 Å². The summed E-state index contributed by atoms with van der Waals surface area (Å²) in [7, 11) is 0. The summed E-state index contributed by atoms with van der Waals surface area (Å²) in [5, 5.41) is 10.2. The van der Waals surface area contributed by atoms with Gasteiger partial charge in [0.05, 0.1) is 16.7 Å². The lowest BCUT2D eigenvalue weighted by Crippen LogP contribution is -2.53. The van der Waals surface area contributed by atoms with Crippen LogP contribution in [0.4, 0.5) is 18.0 Å². The lowest BCUT2D eigenvalue weighted by molar-refractivity contribution is -0.137. The Bertz CT molecular complexity index is 1070. The number of pyridine rings is 1. The fraction of sp³-hybridized carbons (Fsp3) is 0.478. The van der Waals surface area contributed by atoms with E-state index in [1.165, 1.54) is 10.6 Å². The average molecular weight is 452 g/mol. The second-order valence-corrected chi connectivity index (χ2v) is 9.33. The maximum Gasteiger partial charge on any atom is 0.416 e. The molecule has 0 saturated carbocycles. The van der Waals surface area contributed by atoms with Gasteiger partial charge in [-0.2, -0.15) is 13.2 Å². The SMILES string of the molecule is CC(C)(C)OC(=O)N1CCCC(C)(n2cccc(-c3ccc(C(F)(F)F)cc3O)c2=O)C1. The fourth-order valence-electron chi connectivity index (χ4n) is 3.96. The van der Waals surface area contributed by atoms with Crippen molar-refractivity contribution in [2.75, 3.05) is 13.1 Å². The molecule has 1 saturated heterocycles. The van der Waals surface area contributed by atoms with Crippen molar-refractivity contribution in [3.8, 4) is 16.9 Å². The first-order chi connectivity index (χ1) is 14.7. The highest BCUT2D eigenvalue weighted by molar-refractivity contribution is 5.70. The standard InChI is InChI=1S/C23H27F3N2O4/c1-21(2,3)32-20(31)27-11-6-10-22(4,14-27)28-12-5-7-17(19(28)30)16-9-8-15(13-18(16)29)23(24,25)26/h5,7-9,12-13,29H,6,10-11,14H2,1-4H3. The number of carbonyl (C=O) groups excluding carboxylic acids is 1. The van der Waals surface area contributed by atoms with Crippen molar-refractivity contribution >= 4 is 6.09 Å². The highest BCUT2D eigenvalue weighted by Crippen LogP contribution is 2.36. The van der Waals surface area contributed by atoms with Crippen LogP contribution in [0.1, 0.15) is 46.1 Å². The zero-order valence-corrected chi connectivity index (χ0v) is 18.5. The van der Waals surface area contributed by atoms with E-state index >= 15 is 0 Å². The number of halogens is 3. The van der Waals surface area contributed by atoms with Crippen molar-refractivity contribution in [3.05, 3.63) is 52.4 Å². The van der Waals surface area contributed by atoms with Gasteiger partial charge in [0.15, 0.2) is 0 Å². The molecule has 1 atom stereocenters. The summed E-state index contributed by atoms with van der Waals surface area (Å²) in [4.78, 5) is 27.4. The molecule has 1 fully saturated rings. The molecule has 1 aromatic carbocycles. The van der Waals surface area contributed by atoms with Crippen LogP contribution in [0.15, 0.2) is 41.3 Å². The first kappa shape index (κ1) is 23.7. The summed E-state index contributed by atoms with van der Waals surface area (Å²) >= 11 is 0. The molecule has 2 aromatic rings. The van der Waals surface area contributed by atoms with Gasteiger partial charge in [-0.15, -0.1) is 0 Å². The quantitative estimate of drug-likeness (QED) is 0.697. The number of hydrogen-bond acceptors (Lipinski definition) is 4. The molecular formula is C23H27F3N2O4. The Labute approximate surface area is 184 Å². The second-order valence-electron chi connectivity index (χ2n) is 9.33. The summed E-state index contributed by atoms with van der Waals surface area (Å²) in [6.45, 7) is 7.92. The molecule has 0 radical (unpaired) electrons. The number of phenols is 1. The molecule has 1 amide bonds. The zero-order chi connectivity index (χ0) is 23.9. The monoisotopic (exact) mass is 452 g/mol. The van der Waals surface area contributed by atoms with E-state index < -0.39 is 40.3 Å². The number of alkyl halides is 3. The number of likely N-dealkylation sites (tertiary alicyclic amines) is 1. The normalized spacial score (nSPS) is 19.7. The van der Waals surface area contributed by atoms with Gasteiger partial charge < -0.3 is 19.3 Å². The summed E-state index contributed by atoms with van der Waals surface area (Å²) in [5.41, 5.74) is -2.76. The third-order valence-electron chi connectivity index (χ3n) is 5.47. The molecule has 1 unspecified atom stereocenters. The number of benzene rings is 1. The number of ether oxygens (including phenoxy) is 1. The minimum Gasteiger partial charge on any atom is -0.507 e. The smallest absolute Gasteiger partial charge is 0.416 e. The summed E-state index contributed by atoms with van der Waals surface area (Å²) in [6, 6.07) is 5.59. The molecule has 1 aliphatic rings. The van der Waals surface area contributed by atoms with Crippen LogP contribution in [-0.4, -0.2) is 39.4 Å². The van der Waals surface area contributed by atoms with Crippen LogP contribution in [0, 0.1) is 0 Å². The maximum atomic E-state index is 13.3. The summed E-state index contributed by atoms with van der Waals surface area (Å²) in [5.74, 6) is -0.626. The van der Waals surface area contributed by atoms with Gasteiger partial charge in [0.2, 0.25) is 0 Å². The van der Waals surface area contributed by atoms with Crippen molar-refractivity contribution in [2.24, 2.45) is 0 Å². The third kappa shape index (κ3) is 4.92. The zero-order valence-electron chi connectivity index (χ0n) is 18.5. The van der Waals surface area contributed by atoms with Crippen molar-refractivity contribution in [2.45, 2.75) is 57.9 Å². The minimum atomic E-state index is -4.60. The Balaban J connectivity index is 1.96. The van der Waals surface area contributed by atoms with E-state index in [0.717, 1.165) is 12.1 Å². The molecular weight excluding hydrogens is 425 g/mol. The number of aromatic nitrogens is 1. The van der Waals surface area contributed by atoms with Crippen LogP contribution in [0.5, 0.6) is 5.75 Å². The Morgan fingerprint density at radius 1 is 1.16 bits per heavy atom. The molecule has 0 aliphatic carbocycles. The minimum absolute atomic E-state index is 0.0146. The molecule has 2 heterocycles. The van der Waals surface area contributed by atoms with E-state index in [4.69, 9.17) is 4.74 Å². The number of rotatable bonds is 2. The molecule has 1 aromatic heterocycles. The molecule has 9 heteroatoms. The fourth-order valence-corrected chi connectivity index (χ4v) is 3.96. The predicted molar refractivity (Wildman–Crippen MR) is 113 cm³/mol. The van der Waals surface area contributed by atoms with Gasteiger partial charge in [0.1, 0.15) is 11.4 Å². The van der Waals surface area contributed by atoms with E-state index in [9.17, 15) is 27.9 Å². The van der Waals surface area contributed by atoms with Crippen molar-refractivity contribution in [3.63, 3.8) is 0 Å². The van der Waals surface area contributed by atoms with Gasteiger partial charge in [-0.3, -0.25) is 4.79 Å². The van der Waals surface area contributed by atoms with Crippen molar-refractivity contribution in [1.82, 2.24) is 9.47 Å². The van der Waals surface area contributed by atoms with Crippen LogP contribution in [0.2, 0.25) is 0 Å². The molecule has 32 heavy (non-hydrogen) atoms. The van der Waals surface area contributed by atoms with E-state index in [2.05, 4.69) is 0 Å². The van der Waals surface area contributed by atoms with E-state index in [0.29, 0.717) is 25.5 Å². The number of piperidine rings is 1. The van der Waals surface area contributed by atoms with Gasteiger partial charge in [-0.25, -0.2) is 4.79 Å². The van der Waals surface area contributed by atoms with Crippen LogP contribution in [0.25, 0.3) is 11.1 Å². The number of amides is 1. The number of hydrogen-bond donors (Lipinski definition) is 1. The molecule has 6 nitrogen and oxygen atoms in total. The Hall–Kier alpha value is -2.97.